The first-order valence-corrected chi connectivity index (χ1v) is 6.74. The standard InChI is InChI=1S/C15H17N3O3/c1-19-10-5-11(20-2)7-12(6-10)21-15-13-8-16-4-3-14(13)17-9-18-15/h5-7,9,16H,3-4,8H2,1-2H3. The molecule has 1 aliphatic heterocycles. The molecule has 1 N–H and O–H groups in total. The minimum Gasteiger partial charge on any atom is -0.496 e. The maximum absolute atomic E-state index is 5.91. The van der Waals surface area contributed by atoms with E-state index < -0.39 is 0 Å². The molecular formula is C15H17N3O3. The molecule has 0 unspecified atom stereocenters. The van der Waals surface area contributed by atoms with Crippen molar-refractivity contribution in [2.75, 3.05) is 20.8 Å². The van der Waals surface area contributed by atoms with Crippen molar-refractivity contribution < 1.29 is 14.2 Å². The molecule has 3 rings (SSSR count). The normalized spacial score (nSPS) is 13.4. The zero-order chi connectivity index (χ0) is 14.7. The van der Waals surface area contributed by atoms with Gasteiger partial charge in [0.1, 0.15) is 23.6 Å². The minimum absolute atomic E-state index is 0.572. The number of nitrogens with one attached hydrogen (secondary N) is 1. The van der Waals surface area contributed by atoms with Gasteiger partial charge >= 0.3 is 0 Å². The Hall–Kier alpha value is -2.34. The van der Waals surface area contributed by atoms with Crippen LogP contribution >= 0.6 is 0 Å². The summed E-state index contributed by atoms with van der Waals surface area (Å²) in [4.78, 5) is 8.55. The van der Waals surface area contributed by atoms with Gasteiger partial charge in [-0.2, -0.15) is 0 Å². The van der Waals surface area contributed by atoms with Gasteiger partial charge < -0.3 is 19.5 Å². The maximum atomic E-state index is 5.91. The van der Waals surface area contributed by atoms with Crippen LogP contribution < -0.4 is 19.5 Å². The molecule has 6 heteroatoms. The van der Waals surface area contributed by atoms with Crippen molar-refractivity contribution in [1.82, 2.24) is 15.3 Å². The van der Waals surface area contributed by atoms with Crippen LogP contribution in [0.3, 0.4) is 0 Å². The van der Waals surface area contributed by atoms with Crippen LogP contribution in [0.5, 0.6) is 23.1 Å². The third kappa shape index (κ3) is 2.90. The SMILES string of the molecule is COc1cc(OC)cc(Oc2ncnc3c2CNCC3)c1. The van der Waals surface area contributed by atoms with E-state index in [0.29, 0.717) is 29.7 Å². The van der Waals surface area contributed by atoms with Gasteiger partial charge in [-0.05, 0) is 0 Å². The molecule has 0 radical (unpaired) electrons. The van der Waals surface area contributed by atoms with E-state index in [2.05, 4.69) is 15.3 Å². The first kappa shape index (κ1) is 13.6. The molecule has 0 amide bonds. The van der Waals surface area contributed by atoms with Gasteiger partial charge in [0.15, 0.2) is 0 Å². The summed E-state index contributed by atoms with van der Waals surface area (Å²) in [7, 11) is 3.21. The number of methoxy groups -OCH3 is 2. The lowest BCUT2D eigenvalue weighted by atomic mass is 10.1. The molecule has 2 heterocycles. The summed E-state index contributed by atoms with van der Waals surface area (Å²) in [6.07, 6.45) is 2.42. The number of ether oxygens (including phenoxy) is 3. The van der Waals surface area contributed by atoms with E-state index in [-0.39, 0.29) is 0 Å². The highest BCUT2D eigenvalue weighted by atomic mass is 16.5. The molecule has 0 bridgehead atoms. The molecule has 1 aromatic carbocycles. The first-order valence-electron chi connectivity index (χ1n) is 6.74. The molecule has 2 aromatic rings. The smallest absolute Gasteiger partial charge is 0.227 e. The fourth-order valence-corrected chi connectivity index (χ4v) is 2.28. The van der Waals surface area contributed by atoms with E-state index in [1.165, 1.54) is 6.33 Å². The van der Waals surface area contributed by atoms with Gasteiger partial charge in [0.25, 0.3) is 0 Å². The van der Waals surface area contributed by atoms with Crippen molar-refractivity contribution in [3.63, 3.8) is 0 Å². The molecule has 0 saturated carbocycles. The zero-order valence-electron chi connectivity index (χ0n) is 12.0. The number of fused-ring (bicyclic) bond motifs is 1. The fourth-order valence-electron chi connectivity index (χ4n) is 2.28. The second kappa shape index (κ2) is 5.97. The van der Waals surface area contributed by atoms with Crippen LogP contribution in [-0.4, -0.2) is 30.7 Å². The quantitative estimate of drug-likeness (QED) is 0.927. The van der Waals surface area contributed by atoms with Gasteiger partial charge in [-0.1, -0.05) is 0 Å². The lowest BCUT2D eigenvalue weighted by Crippen LogP contribution is -2.25. The summed E-state index contributed by atoms with van der Waals surface area (Å²) >= 11 is 0. The summed E-state index contributed by atoms with van der Waals surface area (Å²) in [5, 5.41) is 3.30. The molecule has 0 saturated heterocycles. The summed E-state index contributed by atoms with van der Waals surface area (Å²) < 4.78 is 16.4. The number of hydrogen-bond donors (Lipinski definition) is 1. The number of nitrogens with zero attached hydrogens (tertiary/aromatic N) is 2. The van der Waals surface area contributed by atoms with Crippen LogP contribution in [0.1, 0.15) is 11.3 Å². The Balaban J connectivity index is 1.93. The second-order valence-corrected chi connectivity index (χ2v) is 4.68. The third-order valence-corrected chi connectivity index (χ3v) is 3.37. The van der Waals surface area contributed by atoms with Crippen molar-refractivity contribution in [2.45, 2.75) is 13.0 Å². The van der Waals surface area contributed by atoms with Gasteiger partial charge in [-0.3, -0.25) is 0 Å². The molecule has 0 spiro atoms. The van der Waals surface area contributed by atoms with Gasteiger partial charge in [-0.15, -0.1) is 0 Å². The molecule has 110 valence electrons. The number of rotatable bonds is 4. The van der Waals surface area contributed by atoms with Crippen molar-refractivity contribution in [3.8, 4) is 23.1 Å². The predicted molar refractivity (Wildman–Crippen MR) is 77.1 cm³/mol. The van der Waals surface area contributed by atoms with Crippen LogP contribution in [0.25, 0.3) is 0 Å². The Bertz CT molecular complexity index is 624. The van der Waals surface area contributed by atoms with E-state index in [0.717, 1.165) is 24.2 Å². The topological polar surface area (TPSA) is 65.5 Å². The Labute approximate surface area is 123 Å². The highest BCUT2D eigenvalue weighted by molar-refractivity contribution is 5.44. The highest BCUT2D eigenvalue weighted by Gasteiger charge is 2.17. The van der Waals surface area contributed by atoms with E-state index in [1.54, 1.807) is 32.4 Å². The number of benzene rings is 1. The van der Waals surface area contributed by atoms with Gasteiger partial charge in [0.2, 0.25) is 5.88 Å². The molecular weight excluding hydrogens is 270 g/mol. The third-order valence-electron chi connectivity index (χ3n) is 3.37. The number of hydrogen-bond acceptors (Lipinski definition) is 6. The molecule has 1 aliphatic rings. The first-order chi connectivity index (χ1) is 10.3. The molecule has 1 aromatic heterocycles. The van der Waals surface area contributed by atoms with Crippen LogP contribution in [0, 0.1) is 0 Å². The van der Waals surface area contributed by atoms with Crippen molar-refractivity contribution in [3.05, 3.63) is 35.8 Å². The molecule has 21 heavy (non-hydrogen) atoms. The van der Waals surface area contributed by atoms with Crippen LogP contribution in [0.2, 0.25) is 0 Å². The van der Waals surface area contributed by atoms with E-state index in [4.69, 9.17) is 14.2 Å². The number of aromatic nitrogens is 2. The molecule has 6 nitrogen and oxygen atoms in total. The Morgan fingerprint density at radius 3 is 2.43 bits per heavy atom. The average molecular weight is 287 g/mol. The summed E-state index contributed by atoms with van der Waals surface area (Å²) in [5.74, 6) is 2.54. The van der Waals surface area contributed by atoms with Crippen LogP contribution in [0.15, 0.2) is 24.5 Å². The van der Waals surface area contributed by atoms with E-state index >= 15 is 0 Å². The van der Waals surface area contributed by atoms with Crippen molar-refractivity contribution in [2.24, 2.45) is 0 Å². The second-order valence-electron chi connectivity index (χ2n) is 4.68. The molecule has 0 atom stereocenters. The van der Waals surface area contributed by atoms with Crippen molar-refractivity contribution in [1.29, 1.82) is 0 Å². The maximum Gasteiger partial charge on any atom is 0.227 e. The van der Waals surface area contributed by atoms with Crippen molar-refractivity contribution >= 4 is 0 Å². The summed E-state index contributed by atoms with van der Waals surface area (Å²) in [6.45, 7) is 1.64. The van der Waals surface area contributed by atoms with E-state index in [1.807, 2.05) is 0 Å². The minimum atomic E-state index is 0.572. The van der Waals surface area contributed by atoms with Crippen LogP contribution in [0.4, 0.5) is 0 Å². The zero-order valence-corrected chi connectivity index (χ0v) is 12.0. The highest BCUT2D eigenvalue weighted by Crippen LogP contribution is 2.32. The predicted octanol–water partition coefficient (Wildman–Crippen LogP) is 1.93. The summed E-state index contributed by atoms with van der Waals surface area (Å²) in [6, 6.07) is 5.39. The average Bonchev–Trinajstić information content (AvgIpc) is 2.55. The Kier molecular flexibility index (Phi) is 3.87. The molecule has 0 fully saturated rings. The van der Waals surface area contributed by atoms with Gasteiger partial charge in [-0.25, -0.2) is 9.97 Å². The Morgan fingerprint density at radius 1 is 1.00 bits per heavy atom. The van der Waals surface area contributed by atoms with Crippen LogP contribution in [-0.2, 0) is 13.0 Å². The Morgan fingerprint density at radius 2 is 1.71 bits per heavy atom. The van der Waals surface area contributed by atoms with E-state index in [9.17, 15) is 0 Å². The van der Waals surface area contributed by atoms with Gasteiger partial charge in [0, 0.05) is 37.7 Å². The summed E-state index contributed by atoms with van der Waals surface area (Å²) in [5.41, 5.74) is 2.04. The molecule has 0 aliphatic carbocycles. The monoisotopic (exact) mass is 287 g/mol. The lowest BCUT2D eigenvalue weighted by molar-refractivity contribution is 0.383. The van der Waals surface area contributed by atoms with Gasteiger partial charge in [0.05, 0.1) is 25.5 Å². The lowest BCUT2D eigenvalue weighted by Gasteiger charge is -2.18. The largest absolute Gasteiger partial charge is 0.496 e. The fraction of sp³-hybridized carbons (Fsp3) is 0.333.